The highest BCUT2D eigenvalue weighted by Gasteiger charge is 2.21. The van der Waals surface area contributed by atoms with E-state index >= 15 is 0 Å². The number of carbonyl (C=O) groups is 1. The maximum atomic E-state index is 12.4. The van der Waals surface area contributed by atoms with Crippen LogP contribution in [0.5, 0.6) is 5.75 Å². The minimum Gasteiger partial charge on any atom is -0.496 e. The zero-order valence-electron chi connectivity index (χ0n) is 14.3. The molecule has 2 aromatic rings. The molecule has 1 aromatic heterocycles. The zero-order valence-corrected chi connectivity index (χ0v) is 15.1. The number of thioether (sulfide) groups is 1. The Kier molecular flexibility index (Phi) is 5.56. The molecule has 1 atom stereocenters. The average molecular weight is 347 g/mol. The van der Waals surface area contributed by atoms with Gasteiger partial charge in [0.15, 0.2) is 0 Å². The molecule has 130 valence electrons. The molecular formula is C18H25N3O2S. The number of nitrogens with zero attached hydrogens (tertiary/aromatic N) is 1. The molecule has 1 aromatic carbocycles. The van der Waals surface area contributed by atoms with Gasteiger partial charge in [0.2, 0.25) is 0 Å². The molecule has 5 nitrogen and oxygen atoms in total. The summed E-state index contributed by atoms with van der Waals surface area (Å²) in [5, 5.41) is 4.18. The molecule has 1 aliphatic rings. The standard InChI is InChI=1S/C18H25N3O2S/c1-13-7-10-24-11-9-21(13)18(22)19-8-6-14-12-20-15-4-3-5-16(23-2)17(14)15/h3-5,12-13,20H,6-11H2,1-2H3,(H,19,22)/t13-/m1/s1. The molecule has 0 saturated carbocycles. The van der Waals surface area contributed by atoms with Gasteiger partial charge in [-0.25, -0.2) is 4.79 Å². The predicted octanol–water partition coefficient (Wildman–Crippen LogP) is 3.26. The number of fused-ring (bicyclic) bond motifs is 1. The van der Waals surface area contributed by atoms with Crippen molar-refractivity contribution < 1.29 is 9.53 Å². The first-order valence-electron chi connectivity index (χ1n) is 8.46. The molecule has 1 fully saturated rings. The number of rotatable bonds is 4. The Balaban J connectivity index is 1.61. The number of ether oxygens (including phenoxy) is 1. The molecule has 0 bridgehead atoms. The molecule has 0 spiro atoms. The lowest BCUT2D eigenvalue weighted by Crippen LogP contribution is -2.46. The lowest BCUT2D eigenvalue weighted by molar-refractivity contribution is 0.183. The second-order valence-electron chi connectivity index (χ2n) is 6.12. The van der Waals surface area contributed by atoms with Crippen molar-refractivity contribution in [1.29, 1.82) is 0 Å². The number of nitrogens with one attached hydrogen (secondary N) is 2. The number of carbonyl (C=O) groups excluding carboxylic acids is 1. The van der Waals surface area contributed by atoms with Crippen molar-refractivity contribution >= 4 is 28.7 Å². The zero-order chi connectivity index (χ0) is 16.9. The van der Waals surface area contributed by atoms with Gasteiger partial charge in [0.25, 0.3) is 0 Å². The van der Waals surface area contributed by atoms with Crippen LogP contribution < -0.4 is 10.1 Å². The van der Waals surface area contributed by atoms with E-state index in [-0.39, 0.29) is 6.03 Å². The van der Waals surface area contributed by atoms with Crippen molar-refractivity contribution in [2.75, 3.05) is 31.7 Å². The fourth-order valence-electron chi connectivity index (χ4n) is 3.19. The van der Waals surface area contributed by atoms with E-state index < -0.39 is 0 Å². The van der Waals surface area contributed by atoms with Crippen molar-refractivity contribution in [1.82, 2.24) is 15.2 Å². The first-order chi connectivity index (χ1) is 11.7. The molecule has 1 aliphatic heterocycles. The van der Waals surface area contributed by atoms with Gasteiger partial charge in [-0.15, -0.1) is 0 Å². The Labute approximate surface area is 147 Å². The number of aromatic nitrogens is 1. The van der Waals surface area contributed by atoms with Crippen LogP contribution in [-0.4, -0.2) is 53.7 Å². The van der Waals surface area contributed by atoms with Gasteiger partial charge in [0.05, 0.1) is 7.11 Å². The number of benzene rings is 1. The Morgan fingerprint density at radius 2 is 2.33 bits per heavy atom. The molecule has 0 radical (unpaired) electrons. The van der Waals surface area contributed by atoms with Crippen molar-refractivity contribution in [3.8, 4) is 5.75 Å². The van der Waals surface area contributed by atoms with E-state index in [4.69, 9.17) is 4.74 Å². The van der Waals surface area contributed by atoms with Crippen molar-refractivity contribution in [2.24, 2.45) is 0 Å². The first kappa shape index (κ1) is 17.0. The third kappa shape index (κ3) is 3.64. The monoisotopic (exact) mass is 347 g/mol. The van der Waals surface area contributed by atoms with Crippen LogP contribution in [0.2, 0.25) is 0 Å². The number of hydrogen-bond donors (Lipinski definition) is 2. The Hall–Kier alpha value is -1.82. The Morgan fingerprint density at radius 3 is 3.17 bits per heavy atom. The maximum Gasteiger partial charge on any atom is 0.317 e. The Bertz CT molecular complexity index is 701. The van der Waals surface area contributed by atoms with Crippen LogP contribution in [-0.2, 0) is 6.42 Å². The first-order valence-corrected chi connectivity index (χ1v) is 9.61. The number of amides is 2. The van der Waals surface area contributed by atoms with Crippen LogP contribution in [0, 0.1) is 0 Å². The van der Waals surface area contributed by atoms with Crippen molar-refractivity contribution in [2.45, 2.75) is 25.8 Å². The summed E-state index contributed by atoms with van der Waals surface area (Å²) in [5.41, 5.74) is 2.23. The van der Waals surface area contributed by atoms with Crippen LogP contribution in [0.3, 0.4) is 0 Å². The number of H-pyrrole nitrogens is 1. The van der Waals surface area contributed by atoms with Crippen LogP contribution in [0.1, 0.15) is 18.9 Å². The van der Waals surface area contributed by atoms with E-state index in [1.165, 1.54) is 5.56 Å². The highest BCUT2D eigenvalue weighted by molar-refractivity contribution is 7.99. The molecule has 0 unspecified atom stereocenters. The van der Waals surface area contributed by atoms with E-state index in [0.29, 0.717) is 12.6 Å². The molecule has 3 rings (SSSR count). The van der Waals surface area contributed by atoms with Gasteiger partial charge < -0.3 is 19.9 Å². The van der Waals surface area contributed by atoms with Gasteiger partial charge in [-0.1, -0.05) is 6.07 Å². The maximum absolute atomic E-state index is 12.4. The summed E-state index contributed by atoms with van der Waals surface area (Å²) in [7, 11) is 1.69. The van der Waals surface area contributed by atoms with E-state index in [9.17, 15) is 4.79 Å². The van der Waals surface area contributed by atoms with Crippen molar-refractivity contribution in [3.05, 3.63) is 30.0 Å². The van der Waals surface area contributed by atoms with Gasteiger partial charge in [0, 0.05) is 42.0 Å². The van der Waals surface area contributed by atoms with Crippen LogP contribution in [0.15, 0.2) is 24.4 Å². The number of aromatic amines is 1. The highest BCUT2D eigenvalue weighted by Crippen LogP contribution is 2.28. The number of urea groups is 1. The van der Waals surface area contributed by atoms with Crippen LogP contribution in [0.25, 0.3) is 10.9 Å². The number of hydrogen-bond acceptors (Lipinski definition) is 3. The molecule has 1 saturated heterocycles. The van der Waals surface area contributed by atoms with Gasteiger partial charge >= 0.3 is 6.03 Å². The fourth-order valence-corrected chi connectivity index (χ4v) is 4.23. The Morgan fingerprint density at radius 1 is 1.46 bits per heavy atom. The van der Waals surface area contributed by atoms with Gasteiger partial charge in [-0.2, -0.15) is 11.8 Å². The smallest absolute Gasteiger partial charge is 0.317 e. The summed E-state index contributed by atoms with van der Waals surface area (Å²) in [6, 6.07) is 6.35. The summed E-state index contributed by atoms with van der Waals surface area (Å²) in [6.07, 6.45) is 3.85. The van der Waals surface area contributed by atoms with Gasteiger partial charge in [-0.05, 0) is 43.2 Å². The van der Waals surface area contributed by atoms with Gasteiger partial charge in [0.1, 0.15) is 5.75 Å². The lowest BCUT2D eigenvalue weighted by Gasteiger charge is -2.27. The topological polar surface area (TPSA) is 57.4 Å². The quantitative estimate of drug-likeness (QED) is 0.892. The van der Waals surface area contributed by atoms with Crippen LogP contribution >= 0.6 is 11.8 Å². The fraction of sp³-hybridized carbons (Fsp3) is 0.500. The normalized spacial score (nSPS) is 18.4. The summed E-state index contributed by atoms with van der Waals surface area (Å²) in [6.45, 7) is 3.59. The molecule has 6 heteroatoms. The summed E-state index contributed by atoms with van der Waals surface area (Å²) in [5.74, 6) is 3.03. The largest absolute Gasteiger partial charge is 0.496 e. The number of methoxy groups -OCH3 is 1. The van der Waals surface area contributed by atoms with E-state index in [0.717, 1.165) is 47.5 Å². The third-order valence-corrected chi connectivity index (χ3v) is 5.58. The van der Waals surface area contributed by atoms with E-state index in [2.05, 4.69) is 17.2 Å². The molecule has 2 heterocycles. The lowest BCUT2D eigenvalue weighted by atomic mass is 10.1. The minimum absolute atomic E-state index is 0.0526. The molecular weight excluding hydrogens is 322 g/mol. The molecule has 0 aliphatic carbocycles. The van der Waals surface area contributed by atoms with Gasteiger partial charge in [-0.3, -0.25) is 0 Å². The predicted molar refractivity (Wildman–Crippen MR) is 100 cm³/mol. The van der Waals surface area contributed by atoms with E-state index in [1.54, 1.807) is 7.11 Å². The molecule has 2 N–H and O–H groups in total. The van der Waals surface area contributed by atoms with Crippen molar-refractivity contribution in [3.63, 3.8) is 0 Å². The third-order valence-electron chi connectivity index (χ3n) is 4.59. The average Bonchev–Trinajstić information content (AvgIpc) is 2.88. The second-order valence-corrected chi connectivity index (χ2v) is 7.35. The second kappa shape index (κ2) is 7.83. The van der Waals surface area contributed by atoms with Crippen LogP contribution in [0.4, 0.5) is 4.79 Å². The SMILES string of the molecule is COc1cccc2[nH]cc(CCNC(=O)N3CCSCC[C@H]3C)c12. The highest BCUT2D eigenvalue weighted by atomic mass is 32.2. The summed E-state index contributed by atoms with van der Waals surface area (Å²) >= 11 is 1.93. The molecule has 2 amide bonds. The minimum atomic E-state index is 0.0526. The van der Waals surface area contributed by atoms with E-state index in [1.807, 2.05) is 41.1 Å². The molecule has 24 heavy (non-hydrogen) atoms. The summed E-state index contributed by atoms with van der Waals surface area (Å²) < 4.78 is 5.46. The summed E-state index contributed by atoms with van der Waals surface area (Å²) in [4.78, 5) is 17.7.